The molecule has 1 aliphatic heterocycles. The van der Waals surface area contributed by atoms with Crippen LogP contribution in [-0.2, 0) is 0 Å². The van der Waals surface area contributed by atoms with Crippen LogP contribution in [0.25, 0.3) is 0 Å². The average Bonchev–Trinajstić information content (AvgIpc) is 2.82. The van der Waals surface area contributed by atoms with Gasteiger partial charge in [-0.25, -0.2) is 0 Å². The van der Waals surface area contributed by atoms with Gasteiger partial charge < -0.3 is 19.1 Å². The zero-order chi connectivity index (χ0) is 22.9. The molecule has 0 N–H and O–H groups in total. The van der Waals surface area contributed by atoms with Crippen LogP contribution in [0.15, 0.2) is 36.4 Å². The summed E-state index contributed by atoms with van der Waals surface area (Å²) >= 11 is 13.8. The number of amides is 1. The Morgan fingerprint density at radius 2 is 1.72 bits per heavy atom. The van der Waals surface area contributed by atoms with E-state index in [1.54, 1.807) is 33.5 Å². The first-order valence-electron chi connectivity index (χ1n) is 11.0. The maximum atomic E-state index is 13.9. The molecule has 1 saturated carbocycles. The van der Waals surface area contributed by atoms with E-state index in [1.807, 2.05) is 29.2 Å². The number of fused-ring (bicyclic) bond motifs is 1. The van der Waals surface area contributed by atoms with Gasteiger partial charge in [-0.3, -0.25) is 4.79 Å². The molecule has 2 aromatic carbocycles. The molecule has 3 unspecified atom stereocenters. The molecule has 0 radical (unpaired) electrons. The standard InChI is InChI=1S/C25H29Cl2NO4/c1-30-20-14-16(15-21(31-2)23(20)32-3)24(29)28-13-12-25(27)11-7-6-9-18(25)22(28)17-8-4-5-10-19(17)26/h4-5,8,10,14-15,18,22H,6-7,9,11-13H2,1-3H3. The SMILES string of the molecule is COc1cc(C(=O)N2CCC3(Cl)CCCCC3C2c2ccccc2Cl)cc(OC)c1OC. The number of nitrogens with zero attached hydrogens (tertiary/aromatic N) is 1. The highest BCUT2D eigenvalue weighted by Gasteiger charge is 2.50. The number of hydrogen-bond acceptors (Lipinski definition) is 4. The van der Waals surface area contributed by atoms with Crippen LogP contribution in [-0.4, -0.2) is 43.6 Å². The molecule has 2 aromatic rings. The molecular formula is C25H29Cl2NO4. The van der Waals surface area contributed by atoms with Crippen molar-refractivity contribution < 1.29 is 19.0 Å². The molecule has 1 saturated heterocycles. The van der Waals surface area contributed by atoms with Crippen molar-refractivity contribution in [1.82, 2.24) is 4.90 Å². The van der Waals surface area contributed by atoms with Gasteiger partial charge in [0.15, 0.2) is 11.5 Å². The number of methoxy groups -OCH3 is 3. The largest absolute Gasteiger partial charge is 0.493 e. The Labute approximate surface area is 199 Å². The normalized spacial score (nSPS) is 25.1. The third-order valence-corrected chi connectivity index (χ3v) is 7.91. The molecule has 172 valence electrons. The lowest BCUT2D eigenvalue weighted by Crippen LogP contribution is -2.53. The maximum absolute atomic E-state index is 13.9. The van der Waals surface area contributed by atoms with Crippen LogP contribution in [0, 0.1) is 5.92 Å². The smallest absolute Gasteiger partial charge is 0.254 e. The number of alkyl halides is 1. The summed E-state index contributed by atoms with van der Waals surface area (Å²) < 4.78 is 16.4. The maximum Gasteiger partial charge on any atom is 0.254 e. The van der Waals surface area contributed by atoms with E-state index in [1.165, 1.54) is 0 Å². The van der Waals surface area contributed by atoms with Crippen molar-refractivity contribution in [2.45, 2.75) is 43.0 Å². The fourth-order valence-electron chi connectivity index (χ4n) is 5.34. The molecule has 0 spiro atoms. The summed E-state index contributed by atoms with van der Waals surface area (Å²) in [6.07, 6.45) is 4.92. The van der Waals surface area contributed by atoms with Gasteiger partial charge in [-0.1, -0.05) is 42.6 Å². The highest BCUT2D eigenvalue weighted by atomic mass is 35.5. The van der Waals surface area contributed by atoms with E-state index in [2.05, 4.69) is 0 Å². The molecule has 5 nitrogen and oxygen atoms in total. The number of piperidine rings is 1. The number of rotatable bonds is 5. The zero-order valence-electron chi connectivity index (χ0n) is 18.7. The number of likely N-dealkylation sites (tertiary alicyclic amines) is 1. The van der Waals surface area contributed by atoms with Gasteiger partial charge in [0.05, 0.1) is 32.2 Å². The second-order valence-corrected chi connectivity index (χ2v) is 9.68. The Bertz CT molecular complexity index is 973. The van der Waals surface area contributed by atoms with Crippen LogP contribution in [0.2, 0.25) is 5.02 Å². The number of benzene rings is 2. The zero-order valence-corrected chi connectivity index (χ0v) is 20.2. The molecule has 2 fully saturated rings. The number of hydrogen-bond donors (Lipinski definition) is 0. The predicted octanol–water partition coefficient (Wildman–Crippen LogP) is 6.12. The van der Waals surface area contributed by atoms with Crippen LogP contribution in [0.4, 0.5) is 0 Å². The summed E-state index contributed by atoms with van der Waals surface area (Å²) in [7, 11) is 4.63. The highest BCUT2D eigenvalue weighted by Crippen LogP contribution is 2.54. The van der Waals surface area contributed by atoms with Gasteiger partial charge in [-0.05, 0) is 43.0 Å². The van der Waals surface area contributed by atoms with E-state index in [9.17, 15) is 4.79 Å². The van der Waals surface area contributed by atoms with Crippen molar-refractivity contribution in [2.24, 2.45) is 5.92 Å². The first kappa shape index (κ1) is 23.1. The Morgan fingerprint density at radius 3 is 2.34 bits per heavy atom. The summed E-state index contributed by atoms with van der Waals surface area (Å²) in [5.74, 6) is 1.40. The number of carbonyl (C=O) groups excluding carboxylic acids is 1. The summed E-state index contributed by atoms with van der Waals surface area (Å²) in [5, 5.41) is 0.659. The Hall–Kier alpha value is -2.11. The van der Waals surface area contributed by atoms with Crippen molar-refractivity contribution >= 4 is 29.1 Å². The van der Waals surface area contributed by atoms with Crippen molar-refractivity contribution in [3.05, 3.63) is 52.5 Å². The molecule has 3 atom stereocenters. The molecule has 0 bridgehead atoms. The first-order valence-corrected chi connectivity index (χ1v) is 11.7. The van der Waals surface area contributed by atoms with Crippen molar-refractivity contribution in [3.63, 3.8) is 0 Å². The molecule has 4 rings (SSSR count). The Kier molecular flexibility index (Phi) is 6.78. The lowest BCUT2D eigenvalue weighted by molar-refractivity contribution is 0.0279. The summed E-state index contributed by atoms with van der Waals surface area (Å²) in [6, 6.07) is 11.0. The topological polar surface area (TPSA) is 48.0 Å². The fourth-order valence-corrected chi connectivity index (χ4v) is 6.03. The Morgan fingerprint density at radius 1 is 1.03 bits per heavy atom. The van der Waals surface area contributed by atoms with Gasteiger partial charge in [0, 0.05) is 23.0 Å². The number of carbonyl (C=O) groups is 1. The van der Waals surface area contributed by atoms with Gasteiger partial charge >= 0.3 is 0 Å². The van der Waals surface area contributed by atoms with Gasteiger partial charge in [-0.2, -0.15) is 0 Å². The first-order chi connectivity index (χ1) is 15.4. The average molecular weight is 478 g/mol. The minimum absolute atomic E-state index is 0.0986. The van der Waals surface area contributed by atoms with Crippen LogP contribution < -0.4 is 14.2 Å². The monoisotopic (exact) mass is 477 g/mol. The second-order valence-electron chi connectivity index (χ2n) is 8.52. The molecule has 2 aliphatic rings. The van der Waals surface area contributed by atoms with E-state index in [-0.39, 0.29) is 22.7 Å². The molecule has 7 heteroatoms. The molecular weight excluding hydrogens is 449 g/mol. The molecule has 1 amide bonds. The van der Waals surface area contributed by atoms with Crippen molar-refractivity contribution in [1.29, 1.82) is 0 Å². The minimum atomic E-state index is -0.311. The predicted molar refractivity (Wildman–Crippen MR) is 126 cm³/mol. The van der Waals surface area contributed by atoms with E-state index in [4.69, 9.17) is 37.4 Å². The van der Waals surface area contributed by atoms with E-state index in [0.29, 0.717) is 34.4 Å². The van der Waals surface area contributed by atoms with Crippen LogP contribution in [0.5, 0.6) is 17.2 Å². The van der Waals surface area contributed by atoms with Gasteiger partial charge in [0.1, 0.15) is 0 Å². The molecule has 0 aromatic heterocycles. The number of ether oxygens (including phenoxy) is 3. The highest BCUT2D eigenvalue weighted by molar-refractivity contribution is 6.31. The lowest BCUT2D eigenvalue weighted by atomic mass is 9.68. The van der Waals surface area contributed by atoms with Gasteiger partial charge in [0.25, 0.3) is 5.91 Å². The number of halogens is 2. The summed E-state index contributed by atoms with van der Waals surface area (Å²) in [4.78, 5) is 15.5. The van der Waals surface area contributed by atoms with E-state index < -0.39 is 0 Å². The molecule has 32 heavy (non-hydrogen) atoms. The van der Waals surface area contributed by atoms with Gasteiger partial charge in [-0.15, -0.1) is 11.6 Å². The van der Waals surface area contributed by atoms with Crippen LogP contribution in [0.1, 0.15) is 54.1 Å². The second kappa shape index (κ2) is 9.40. The van der Waals surface area contributed by atoms with Crippen molar-refractivity contribution in [2.75, 3.05) is 27.9 Å². The Balaban J connectivity index is 1.79. The third kappa shape index (κ3) is 4.01. The summed E-state index contributed by atoms with van der Waals surface area (Å²) in [6.45, 7) is 0.561. The molecule has 1 heterocycles. The van der Waals surface area contributed by atoms with E-state index in [0.717, 1.165) is 37.7 Å². The quantitative estimate of drug-likeness (QED) is 0.486. The third-order valence-electron chi connectivity index (χ3n) is 6.90. The van der Waals surface area contributed by atoms with Crippen LogP contribution in [0.3, 0.4) is 0 Å². The van der Waals surface area contributed by atoms with E-state index >= 15 is 0 Å². The lowest BCUT2D eigenvalue weighted by Gasteiger charge is -2.52. The van der Waals surface area contributed by atoms with Gasteiger partial charge in [0.2, 0.25) is 5.75 Å². The van der Waals surface area contributed by atoms with Crippen LogP contribution >= 0.6 is 23.2 Å². The fraction of sp³-hybridized carbons (Fsp3) is 0.480. The van der Waals surface area contributed by atoms with Crippen molar-refractivity contribution in [3.8, 4) is 17.2 Å². The molecule has 1 aliphatic carbocycles. The summed E-state index contributed by atoms with van der Waals surface area (Å²) in [5.41, 5.74) is 1.43. The minimum Gasteiger partial charge on any atom is -0.493 e.